The zero-order valence-electron chi connectivity index (χ0n) is 6.90. The SMILES string of the molecule is CC1(C)CC(C)(NC=O)C1. The second-order valence-corrected chi connectivity index (χ2v) is 4.34. The molecule has 2 nitrogen and oxygen atoms in total. The van der Waals surface area contributed by atoms with Crippen molar-refractivity contribution in [3.8, 4) is 0 Å². The molecule has 1 aliphatic rings. The van der Waals surface area contributed by atoms with Crippen LogP contribution in [0, 0.1) is 5.41 Å². The van der Waals surface area contributed by atoms with E-state index in [1.165, 1.54) is 0 Å². The van der Waals surface area contributed by atoms with Gasteiger partial charge in [-0.15, -0.1) is 0 Å². The number of hydrogen-bond acceptors (Lipinski definition) is 1. The maximum atomic E-state index is 10.1. The molecule has 1 rings (SSSR count). The smallest absolute Gasteiger partial charge is 0.207 e. The molecule has 0 heterocycles. The van der Waals surface area contributed by atoms with Gasteiger partial charge in [0.1, 0.15) is 0 Å². The molecule has 0 aromatic carbocycles. The summed E-state index contributed by atoms with van der Waals surface area (Å²) in [4.78, 5) is 10.1. The monoisotopic (exact) mass is 141 g/mol. The highest BCUT2D eigenvalue weighted by Gasteiger charge is 2.45. The van der Waals surface area contributed by atoms with E-state index >= 15 is 0 Å². The highest BCUT2D eigenvalue weighted by molar-refractivity contribution is 5.48. The van der Waals surface area contributed by atoms with Gasteiger partial charge in [0.15, 0.2) is 0 Å². The number of hydrogen-bond donors (Lipinski definition) is 1. The molecule has 10 heavy (non-hydrogen) atoms. The van der Waals surface area contributed by atoms with E-state index in [1.54, 1.807) is 0 Å². The molecule has 0 atom stereocenters. The van der Waals surface area contributed by atoms with E-state index in [0.717, 1.165) is 19.3 Å². The minimum Gasteiger partial charge on any atom is -0.353 e. The summed E-state index contributed by atoms with van der Waals surface area (Å²) in [5, 5.41) is 2.83. The average molecular weight is 141 g/mol. The lowest BCUT2D eigenvalue weighted by molar-refractivity contribution is -0.113. The molecule has 1 fully saturated rings. The third-order valence-corrected chi connectivity index (χ3v) is 2.14. The molecule has 0 spiro atoms. The van der Waals surface area contributed by atoms with E-state index in [9.17, 15) is 4.79 Å². The van der Waals surface area contributed by atoms with Crippen molar-refractivity contribution in [2.24, 2.45) is 5.41 Å². The van der Waals surface area contributed by atoms with Crippen LogP contribution in [0.25, 0.3) is 0 Å². The molecular formula is C8H15NO. The van der Waals surface area contributed by atoms with Crippen molar-refractivity contribution in [2.75, 3.05) is 0 Å². The molecule has 1 saturated carbocycles. The number of carbonyl (C=O) groups is 1. The summed E-state index contributed by atoms with van der Waals surface area (Å²) < 4.78 is 0. The largest absolute Gasteiger partial charge is 0.353 e. The molecule has 58 valence electrons. The third-order valence-electron chi connectivity index (χ3n) is 2.14. The van der Waals surface area contributed by atoms with Gasteiger partial charge in [-0.2, -0.15) is 0 Å². The molecule has 0 aromatic rings. The van der Waals surface area contributed by atoms with Gasteiger partial charge in [-0.05, 0) is 25.2 Å². The first-order chi connectivity index (χ1) is 4.47. The maximum absolute atomic E-state index is 10.1. The van der Waals surface area contributed by atoms with Crippen molar-refractivity contribution < 1.29 is 4.79 Å². The Bertz CT molecular complexity index is 143. The molecule has 0 aromatic heterocycles. The van der Waals surface area contributed by atoms with Gasteiger partial charge in [-0.3, -0.25) is 4.79 Å². The third kappa shape index (κ3) is 1.31. The Hall–Kier alpha value is -0.530. The van der Waals surface area contributed by atoms with Crippen LogP contribution in [-0.4, -0.2) is 11.9 Å². The predicted octanol–water partition coefficient (Wildman–Crippen LogP) is 1.31. The molecule has 1 N–H and O–H groups in total. The minimum atomic E-state index is 0.0885. The Labute approximate surface area is 62.0 Å². The first-order valence-electron chi connectivity index (χ1n) is 3.69. The van der Waals surface area contributed by atoms with Crippen LogP contribution in [-0.2, 0) is 4.79 Å². The number of amides is 1. The second kappa shape index (κ2) is 1.97. The Morgan fingerprint density at radius 1 is 1.30 bits per heavy atom. The summed E-state index contributed by atoms with van der Waals surface area (Å²) in [6, 6.07) is 0. The van der Waals surface area contributed by atoms with Gasteiger partial charge in [0, 0.05) is 5.54 Å². The van der Waals surface area contributed by atoms with Crippen LogP contribution in [0.1, 0.15) is 33.6 Å². The van der Waals surface area contributed by atoms with Crippen LogP contribution in [0.5, 0.6) is 0 Å². The van der Waals surface area contributed by atoms with Crippen molar-refractivity contribution >= 4 is 6.41 Å². The van der Waals surface area contributed by atoms with E-state index in [1.807, 2.05) is 0 Å². The number of carbonyl (C=O) groups excluding carboxylic acids is 1. The van der Waals surface area contributed by atoms with Crippen LogP contribution in [0.3, 0.4) is 0 Å². The lowest BCUT2D eigenvalue weighted by Crippen LogP contribution is -2.56. The average Bonchev–Trinajstić information content (AvgIpc) is 1.58. The quantitative estimate of drug-likeness (QED) is 0.577. The first-order valence-corrected chi connectivity index (χ1v) is 3.69. The van der Waals surface area contributed by atoms with Gasteiger partial charge in [0.05, 0.1) is 0 Å². The van der Waals surface area contributed by atoms with E-state index in [2.05, 4.69) is 26.1 Å². The van der Waals surface area contributed by atoms with Gasteiger partial charge < -0.3 is 5.32 Å². The summed E-state index contributed by atoms with van der Waals surface area (Å²) >= 11 is 0. The van der Waals surface area contributed by atoms with Gasteiger partial charge in [0.25, 0.3) is 0 Å². The summed E-state index contributed by atoms with van der Waals surface area (Å²) in [5.41, 5.74) is 0.524. The molecule has 0 unspecified atom stereocenters. The molecule has 2 heteroatoms. The summed E-state index contributed by atoms with van der Waals surface area (Å²) in [6.07, 6.45) is 2.99. The van der Waals surface area contributed by atoms with Gasteiger partial charge in [-0.25, -0.2) is 0 Å². The normalized spacial score (nSPS) is 26.7. The van der Waals surface area contributed by atoms with Crippen molar-refractivity contribution in [1.82, 2.24) is 5.32 Å². The molecule has 0 radical (unpaired) electrons. The summed E-state index contributed by atoms with van der Waals surface area (Å²) in [6.45, 7) is 6.54. The topological polar surface area (TPSA) is 29.1 Å². The Morgan fingerprint density at radius 2 is 1.80 bits per heavy atom. The van der Waals surface area contributed by atoms with Crippen LogP contribution in [0.2, 0.25) is 0 Å². The lowest BCUT2D eigenvalue weighted by Gasteiger charge is -2.50. The molecule has 1 aliphatic carbocycles. The second-order valence-electron chi connectivity index (χ2n) is 4.34. The Kier molecular flexibility index (Phi) is 1.50. The zero-order valence-corrected chi connectivity index (χ0v) is 6.90. The van der Waals surface area contributed by atoms with E-state index in [0.29, 0.717) is 5.41 Å². The minimum absolute atomic E-state index is 0.0885. The number of rotatable bonds is 2. The highest BCUT2D eigenvalue weighted by Crippen LogP contribution is 2.47. The molecule has 1 amide bonds. The van der Waals surface area contributed by atoms with Gasteiger partial charge >= 0.3 is 0 Å². The summed E-state index contributed by atoms with van der Waals surface area (Å²) in [5.74, 6) is 0. The fourth-order valence-corrected chi connectivity index (χ4v) is 2.30. The summed E-state index contributed by atoms with van der Waals surface area (Å²) in [7, 11) is 0. The van der Waals surface area contributed by atoms with Gasteiger partial charge in [0.2, 0.25) is 6.41 Å². The van der Waals surface area contributed by atoms with Crippen molar-refractivity contribution in [3.63, 3.8) is 0 Å². The first kappa shape index (κ1) is 7.58. The van der Waals surface area contributed by atoms with Crippen molar-refractivity contribution in [3.05, 3.63) is 0 Å². The van der Waals surface area contributed by atoms with E-state index in [4.69, 9.17) is 0 Å². The van der Waals surface area contributed by atoms with Crippen LogP contribution < -0.4 is 5.32 Å². The van der Waals surface area contributed by atoms with Crippen molar-refractivity contribution in [1.29, 1.82) is 0 Å². The predicted molar refractivity (Wildman–Crippen MR) is 40.6 cm³/mol. The Morgan fingerprint density at radius 3 is 2.10 bits per heavy atom. The highest BCUT2D eigenvalue weighted by atomic mass is 16.1. The van der Waals surface area contributed by atoms with E-state index < -0.39 is 0 Å². The lowest BCUT2D eigenvalue weighted by atomic mass is 9.60. The Balaban J connectivity index is 2.41. The fraction of sp³-hybridized carbons (Fsp3) is 0.875. The van der Waals surface area contributed by atoms with Crippen LogP contribution in [0.4, 0.5) is 0 Å². The molecule has 0 aliphatic heterocycles. The van der Waals surface area contributed by atoms with Crippen molar-refractivity contribution in [2.45, 2.75) is 39.2 Å². The molecule has 0 saturated heterocycles. The van der Waals surface area contributed by atoms with Crippen LogP contribution >= 0.6 is 0 Å². The van der Waals surface area contributed by atoms with E-state index in [-0.39, 0.29) is 5.54 Å². The fourth-order valence-electron chi connectivity index (χ4n) is 2.30. The standard InChI is InChI=1S/C8H15NO/c1-7(2)4-8(3,5-7)9-6-10/h6H,4-5H2,1-3H3,(H,9,10). The molecular weight excluding hydrogens is 126 g/mol. The zero-order chi connectivity index (χ0) is 7.83. The van der Waals surface area contributed by atoms with Gasteiger partial charge in [-0.1, -0.05) is 13.8 Å². The maximum Gasteiger partial charge on any atom is 0.207 e. The molecule has 0 bridgehead atoms. The number of nitrogens with one attached hydrogen (secondary N) is 1. The van der Waals surface area contributed by atoms with Crippen LogP contribution in [0.15, 0.2) is 0 Å².